The lowest BCUT2D eigenvalue weighted by molar-refractivity contribution is 0.0625. The van der Waals surface area contributed by atoms with Crippen molar-refractivity contribution in [2.75, 3.05) is 33.3 Å². The smallest absolute Gasteiger partial charge is 0.274 e. The summed E-state index contributed by atoms with van der Waals surface area (Å²) in [6.45, 7) is 3.60. The third-order valence-corrected chi connectivity index (χ3v) is 5.41. The predicted molar refractivity (Wildman–Crippen MR) is 99.1 cm³/mol. The van der Waals surface area contributed by atoms with Crippen molar-refractivity contribution in [1.82, 2.24) is 20.0 Å². The standard InChI is InChI=1S/C20H25FN4O2/c1-24-9-7-18-17(12-24)19(23-22-18)20(26)25-8-3-4-14(11-25)13-27-16-6-2-5-15(21)10-16/h2,5-6,10,14H,3-4,7-9,11-13H2,1H3,(H,22,23). The average Bonchev–Trinajstić information content (AvgIpc) is 3.09. The Morgan fingerprint density at radius 1 is 1.41 bits per heavy atom. The van der Waals surface area contributed by atoms with Gasteiger partial charge in [-0.15, -0.1) is 0 Å². The molecule has 1 aromatic carbocycles. The number of likely N-dealkylation sites (N-methyl/N-ethyl adjacent to an activating group) is 1. The molecule has 2 aliphatic heterocycles. The zero-order valence-corrected chi connectivity index (χ0v) is 15.6. The first-order valence-corrected chi connectivity index (χ1v) is 9.52. The fourth-order valence-corrected chi connectivity index (χ4v) is 3.91. The third kappa shape index (κ3) is 3.98. The van der Waals surface area contributed by atoms with E-state index >= 15 is 0 Å². The van der Waals surface area contributed by atoms with Gasteiger partial charge in [-0.1, -0.05) is 6.07 Å². The normalized spacial score (nSPS) is 20.4. The Balaban J connectivity index is 1.39. The molecule has 1 saturated heterocycles. The van der Waals surface area contributed by atoms with Gasteiger partial charge in [0.2, 0.25) is 0 Å². The number of carbonyl (C=O) groups is 1. The van der Waals surface area contributed by atoms with E-state index in [2.05, 4.69) is 22.1 Å². The molecule has 1 aromatic heterocycles. The van der Waals surface area contributed by atoms with Crippen molar-refractivity contribution in [3.63, 3.8) is 0 Å². The monoisotopic (exact) mass is 372 g/mol. The first-order valence-electron chi connectivity index (χ1n) is 9.52. The fourth-order valence-electron chi connectivity index (χ4n) is 3.91. The number of halogens is 1. The number of carbonyl (C=O) groups excluding carboxylic acids is 1. The summed E-state index contributed by atoms with van der Waals surface area (Å²) in [5.74, 6) is 0.464. The molecule has 0 aliphatic carbocycles. The highest BCUT2D eigenvalue weighted by atomic mass is 19.1. The summed E-state index contributed by atoms with van der Waals surface area (Å²) in [6.07, 6.45) is 2.84. The number of piperidine rings is 1. The third-order valence-electron chi connectivity index (χ3n) is 5.41. The molecule has 27 heavy (non-hydrogen) atoms. The number of likely N-dealkylation sites (tertiary alicyclic amines) is 1. The van der Waals surface area contributed by atoms with Crippen molar-refractivity contribution in [3.8, 4) is 5.75 Å². The fraction of sp³-hybridized carbons (Fsp3) is 0.500. The molecule has 2 aliphatic rings. The van der Waals surface area contributed by atoms with Crippen molar-refractivity contribution < 1.29 is 13.9 Å². The largest absolute Gasteiger partial charge is 0.493 e. The maximum Gasteiger partial charge on any atom is 0.274 e. The Labute approximate surface area is 158 Å². The maximum absolute atomic E-state index is 13.3. The Morgan fingerprint density at radius 2 is 2.30 bits per heavy atom. The van der Waals surface area contributed by atoms with Gasteiger partial charge in [-0.2, -0.15) is 5.10 Å². The zero-order valence-electron chi connectivity index (χ0n) is 15.6. The molecule has 1 fully saturated rings. The number of nitrogens with zero attached hydrogens (tertiary/aromatic N) is 3. The molecule has 1 amide bonds. The molecule has 1 N–H and O–H groups in total. The van der Waals surface area contributed by atoms with Gasteiger partial charge in [0.1, 0.15) is 11.6 Å². The second-order valence-electron chi connectivity index (χ2n) is 7.54. The summed E-state index contributed by atoms with van der Waals surface area (Å²) < 4.78 is 19.0. The summed E-state index contributed by atoms with van der Waals surface area (Å²) in [5, 5.41) is 7.37. The number of hydrogen-bond donors (Lipinski definition) is 1. The highest BCUT2D eigenvalue weighted by molar-refractivity contribution is 5.94. The molecule has 0 saturated carbocycles. The van der Waals surface area contributed by atoms with Crippen LogP contribution in [0.1, 0.15) is 34.6 Å². The summed E-state index contributed by atoms with van der Waals surface area (Å²) in [6, 6.07) is 6.18. The molecular weight excluding hydrogens is 347 g/mol. The summed E-state index contributed by atoms with van der Waals surface area (Å²) >= 11 is 0. The predicted octanol–water partition coefficient (Wildman–Crippen LogP) is 2.47. The Hall–Kier alpha value is -2.41. The van der Waals surface area contributed by atoms with Gasteiger partial charge < -0.3 is 14.5 Å². The lowest BCUT2D eigenvalue weighted by Gasteiger charge is -2.32. The van der Waals surface area contributed by atoms with Crippen LogP contribution in [0.2, 0.25) is 0 Å². The molecule has 0 spiro atoms. The number of hydrogen-bond acceptors (Lipinski definition) is 4. The van der Waals surface area contributed by atoms with Crippen LogP contribution in [0.15, 0.2) is 24.3 Å². The maximum atomic E-state index is 13.3. The van der Waals surface area contributed by atoms with Gasteiger partial charge in [0, 0.05) is 55.8 Å². The summed E-state index contributed by atoms with van der Waals surface area (Å²) in [5.41, 5.74) is 2.68. The van der Waals surface area contributed by atoms with Gasteiger partial charge in [-0.3, -0.25) is 9.89 Å². The number of H-pyrrole nitrogens is 1. The van der Waals surface area contributed by atoms with Gasteiger partial charge in [-0.05, 0) is 32.0 Å². The Bertz CT molecular complexity index is 822. The highest BCUT2D eigenvalue weighted by Crippen LogP contribution is 2.24. The Kier molecular flexibility index (Phi) is 5.11. The quantitative estimate of drug-likeness (QED) is 0.896. The minimum Gasteiger partial charge on any atom is -0.493 e. The van der Waals surface area contributed by atoms with Crippen LogP contribution in [-0.4, -0.2) is 59.2 Å². The van der Waals surface area contributed by atoms with Crippen LogP contribution < -0.4 is 4.74 Å². The molecular formula is C20H25FN4O2. The minimum absolute atomic E-state index is 0.00162. The van der Waals surface area contributed by atoms with Crippen LogP contribution >= 0.6 is 0 Å². The van der Waals surface area contributed by atoms with Crippen LogP contribution in [0.5, 0.6) is 5.75 Å². The van der Waals surface area contributed by atoms with E-state index in [1.807, 2.05) is 4.90 Å². The van der Waals surface area contributed by atoms with Crippen LogP contribution in [0, 0.1) is 11.7 Å². The van der Waals surface area contributed by atoms with Crippen LogP contribution in [0.4, 0.5) is 4.39 Å². The van der Waals surface area contributed by atoms with Crippen molar-refractivity contribution in [3.05, 3.63) is 47.0 Å². The molecule has 0 bridgehead atoms. The van der Waals surface area contributed by atoms with Gasteiger partial charge in [0.05, 0.1) is 6.61 Å². The number of aromatic nitrogens is 2. The number of benzene rings is 1. The van der Waals surface area contributed by atoms with Crippen molar-refractivity contribution in [1.29, 1.82) is 0 Å². The lowest BCUT2D eigenvalue weighted by Crippen LogP contribution is -2.42. The molecule has 6 nitrogen and oxygen atoms in total. The van der Waals surface area contributed by atoms with Crippen molar-refractivity contribution in [2.45, 2.75) is 25.8 Å². The first kappa shape index (κ1) is 18.0. The number of aromatic amines is 1. The lowest BCUT2D eigenvalue weighted by atomic mass is 9.98. The van der Waals surface area contributed by atoms with Gasteiger partial charge in [0.15, 0.2) is 5.69 Å². The van der Waals surface area contributed by atoms with Crippen molar-refractivity contribution in [2.24, 2.45) is 5.92 Å². The molecule has 4 rings (SSSR count). The minimum atomic E-state index is -0.304. The number of nitrogens with one attached hydrogen (secondary N) is 1. The average molecular weight is 372 g/mol. The Morgan fingerprint density at radius 3 is 3.15 bits per heavy atom. The second-order valence-corrected chi connectivity index (χ2v) is 7.54. The molecule has 2 aromatic rings. The van der Waals surface area contributed by atoms with E-state index in [0.717, 1.165) is 50.2 Å². The zero-order chi connectivity index (χ0) is 18.8. The summed E-state index contributed by atoms with van der Waals surface area (Å²) in [4.78, 5) is 17.1. The van der Waals surface area contributed by atoms with E-state index in [4.69, 9.17) is 4.74 Å². The summed E-state index contributed by atoms with van der Waals surface area (Å²) in [7, 11) is 2.06. The van der Waals surface area contributed by atoms with E-state index in [-0.39, 0.29) is 17.6 Å². The van der Waals surface area contributed by atoms with Crippen LogP contribution in [0.3, 0.4) is 0 Å². The highest BCUT2D eigenvalue weighted by Gasteiger charge is 2.30. The first-order chi connectivity index (χ1) is 13.1. The topological polar surface area (TPSA) is 61.5 Å². The van der Waals surface area contributed by atoms with Crippen LogP contribution in [0.25, 0.3) is 0 Å². The molecule has 144 valence electrons. The molecule has 0 radical (unpaired) electrons. The number of ether oxygens (including phenoxy) is 1. The molecule has 1 atom stereocenters. The van der Waals surface area contributed by atoms with Crippen molar-refractivity contribution >= 4 is 5.91 Å². The van der Waals surface area contributed by atoms with E-state index in [9.17, 15) is 9.18 Å². The van der Waals surface area contributed by atoms with Gasteiger partial charge in [0.25, 0.3) is 5.91 Å². The van der Waals surface area contributed by atoms with Crippen LogP contribution in [-0.2, 0) is 13.0 Å². The molecule has 3 heterocycles. The van der Waals surface area contributed by atoms with E-state index in [1.165, 1.54) is 12.1 Å². The van der Waals surface area contributed by atoms with E-state index < -0.39 is 0 Å². The number of rotatable bonds is 4. The van der Waals surface area contributed by atoms with Gasteiger partial charge in [-0.25, -0.2) is 4.39 Å². The van der Waals surface area contributed by atoms with Gasteiger partial charge >= 0.3 is 0 Å². The van der Waals surface area contributed by atoms with E-state index in [1.54, 1.807) is 12.1 Å². The molecule has 7 heteroatoms. The van der Waals surface area contributed by atoms with E-state index in [0.29, 0.717) is 24.6 Å². The number of fused-ring (bicyclic) bond motifs is 1. The number of amides is 1. The molecule has 1 unspecified atom stereocenters. The SMILES string of the molecule is CN1CCc2[nH]nc(C(=O)N3CCCC(COc4cccc(F)c4)C3)c2C1. The second kappa shape index (κ2) is 7.68.